The normalized spacial score (nSPS) is 10.9. The number of nitrogens with one attached hydrogen (secondary N) is 1. The molecule has 7 heteroatoms. The summed E-state index contributed by atoms with van der Waals surface area (Å²) in [5.41, 5.74) is 6.82. The van der Waals surface area contributed by atoms with Crippen LogP contribution in [0.25, 0.3) is 0 Å². The van der Waals surface area contributed by atoms with E-state index in [1.165, 1.54) is 4.88 Å². The first-order chi connectivity index (χ1) is 12.8. The monoisotopic (exact) mass is 423 g/mol. The summed E-state index contributed by atoms with van der Waals surface area (Å²) in [5.74, 6) is -0.112. The Bertz CT molecular complexity index is 763. The van der Waals surface area contributed by atoms with Gasteiger partial charge in [-0.15, -0.1) is 23.7 Å². The summed E-state index contributed by atoms with van der Waals surface area (Å²) in [7, 11) is 1.77. The van der Waals surface area contributed by atoms with Crippen LogP contribution in [0.4, 0.5) is 5.69 Å². The van der Waals surface area contributed by atoms with Crippen molar-refractivity contribution in [2.24, 2.45) is 11.1 Å². The van der Waals surface area contributed by atoms with Gasteiger partial charge in [-0.05, 0) is 54.4 Å². The molecule has 1 heterocycles. The van der Waals surface area contributed by atoms with Crippen LogP contribution in [0.2, 0.25) is 0 Å². The molecule has 0 radical (unpaired) electrons. The van der Waals surface area contributed by atoms with Gasteiger partial charge in [-0.2, -0.15) is 0 Å². The van der Waals surface area contributed by atoms with E-state index >= 15 is 0 Å². The zero-order chi connectivity index (χ0) is 19.9. The lowest BCUT2D eigenvalue weighted by molar-refractivity contribution is -0.116. The van der Waals surface area contributed by atoms with Crippen molar-refractivity contribution in [1.82, 2.24) is 4.90 Å². The number of carbonyl (C=O) groups excluding carboxylic acids is 2. The molecule has 0 bridgehead atoms. The molecule has 0 aliphatic heterocycles. The molecule has 0 unspecified atom stereocenters. The Morgan fingerprint density at radius 3 is 2.61 bits per heavy atom. The molecule has 0 fully saturated rings. The Morgan fingerprint density at radius 2 is 1.96 bits per heavy atom. The SMILES string of the molecule is CN(CC(C)(C)CN)C(=O)c1cccc(NC(=O)CCCc2cccs2)c1.Cl. The van der Waals surface area contributed by atoms with Crippen molar-refractivity contribution in [3.05, 3.63) is 52.2 Å². The zero-order valence-corrected chi connectivity index (χ0v) is 18.4. The minimum Gasteiger partial charge on any atom is -0.341 e. The maximum Gasteiger partial charge on any atom is 0.253 e. The second-order valence-electron chi connectivity index (χ2n) is 7.59. The maximum atomic E-state index is 12.7. The number of nitrogens with two attached hydrogens (primary N) is 1. The van der Waals surface area contributed by atoms with E-state index in [0.29, 0.717) is 30.8 Å². The van der Waals surface area contributed by atoms with Gasteiger partial charge in [-0.25, -0.2) is 0 Å². The number of carbonyl (C=O) groups is 2. The third-order valence-corrected chi connectivity index (χ3v) is 5.30. The summed E-state index contributed by atoms with van der Waals surface area (Å²) in [5, 5.41) is 4.93. The van der Waals surface area contributed by atoms with Crippen LogP contribution in [0.15, 0.2) is 41.8 Å². The number of halogens is 1. The van der Waals surface area contributed by atoms with Crippen LogP contribution in [0.3, 0.4) is 0 Å². The number of hydrogen-bond donors (Lipinski definition) is 2. The van der Waals surface area contributed by atoms with Crippen molar-refractivity contribution >= 4 is 41.2 Å². The summed E-state index contributed by atoms with van der Waals surface area (Å²) in [4.78, 5) is 27.8. The summed E-state index contributed by atoms with van der Waals surface area (Å²) < 4.78 is 0. The number of thiophene rings is 1. The standard InChI is InChI=1S/C21H29N3O2S.ClH/c1-21(2,14-22)15-24(3)20(26)16-7-4-8-17(13-16)23-19(25)11-5-9-18-10-6-12-27-18;/h4,6-8,10,12-13H,5,9,11,14-15,22H2,1-3H3,(H,23,25);1H. The molecule has 0 atom stereocenters. The van der Waals surface area contributed by atoms with Crippen LogP contribution >= 0.6 is 23.7 Å². The number of nitrogens with zero attached hydrogens (tertiary/aromatic N) is 1. The molecule has 2 rings (SSSR count). The van der Waals surface area contributed by atoms with Crippen LogP contribution in [-0.2, 0) is 11.2 Å². The predicted molar refractivity (Wildman–Crippen MR) is 119 cm³/mol. The summed E-state index contributed by atoms with van der Waals surface area (Å²) in [6, 6.07) is 11.2. The Labute approximate surface area is 177 Å². The maximum absolute atomic E-state index is 12.7. The molecule has 0 aliphatic carbocycles. The Morgan fingerprint density at radius 1 is 1.21 bits per heavy atom. The summed E-state index contributed by atoms with van der Waals surface area (Å²) in [6.45, 7) is 5.14. The molecule has 3 N–H and O–H groups in total. The van der Waals surface area contributed by atoms with Gasteiger partial charge in [0.15, 0.2) is 0 Å². The van der Waals surface area contributed by atoms with Gasteiger partial charge < -0.3 is 16.0 Å². The average Bonchev–Trinajstić information content (AvgIpc) is 3.14. The Kier molecular flexibility index (Phi) is 9.65. The lowest BCUT2D eigenvalue weighted by Crippen LogP contribution is -2.39. The van der Waals surface area contributed by atoms with E-state index in [1.54, 1.807) is 47.5 Å². The molecular weight excluding hydrogens is 394 g/mol. The topological polar surface area (TPSA) is 75.4 Å². The van der Waals surface area contributed by atoms with Gasteiger partial charge in [0.1, 0.15) is 0 Å². The highest BCUT2D eigenvalue weighted by molar-refractivity contribution is 7.09. The van der Waals surface area contributed by atoms with E-state index in [4.69, 9.17) is 5.73 Å². The second kappa shape index (κ2) is 11.2. The fraction of sp³-hybridized carbons (Fsp3) is 0.429. The predicted octanol–water partition coefficient (Wildman–Crippen LogP) is 4.19. The van der Waals surface area contributed by atoms with E-state index in [0.717, 1.165) is 12.8 Å². The van der Waals surface area contributed by atoms with Crippen LogP contribution in [-0.4, -0.2) is 36.9 Å². The molecule has 0 saturated heterocycles. The van der Waals surface area contributed by atoms with Gasteiger partial charge in [0.25, 0.3) is 5.91 Å². The van der Waals surface area contributed by atoms with E-state index in [1.807, 2.05) is 25.3 Å². The van der Waals surface area contributed by atoms with Crippen molar-refractivity contribution < 1.29 is 9.59 Å². The van der Waals surface area contributed by atoms with Gasteiger partial charge in [-0.3, -0.25) is 9.59 Å². The van der Waals surface area contributed by atoms with Crippen molar-refractivity contribution in [2.75, 3.05) is 25.5 Å². The molecule has 0 spiro atoms. The van der Waals surface area contributed by atoms with Crippen molar-refractivity contribution in [1.29, 1.82) is 0 Å². The van der Waals surface area contributed by atoms with Crippen LogP contribution in [0, 0.1) is 5.41 Å². The summed E-state index contributed by atoms with van der Waals surface area (Å²) >= 11 is 1.71. The van der Waals surface area contributed by atoms with Crippen molar-refractivity contribution in [2.45, 2.75) is 33.1 Å². The molecule has 5 nitrogen and oxygen atoms in total. The molecular formula is C21H30ClN3O2S. The quantitative estimate of drug-likeness (QED) is 0.634. The lowest BCUT2D eigenvalue weighted by Gasteiger charge is -2.29. The van der Waals surface area contributed by atoms with Gasteiger partial charge in [0.05, 0.1) is 0 Å². The van der Waals surface area contributed by atoms with Gasteiger partial charge >= 0.3 is 0 Å². The highest BCUT2D eigenvalue weighted by atomic mass is 35.5. The van der Waals surface area contributed by atoms with Gasteiger partial charge in [-0.1, -0.05) is 26.0 Å². The number of rotatable bonds is 9. The van der Waals surface area contributed by atoms with Crippen LogP contribution < -0.4 is 11.1 Å². The minimum atomic E-state index is -0.140. The fourth-order valence-corrected chi connectivity index (χ4v) is 3.58. The largest absolute Gasteiger partial charge is 0.341 e. The molecule has 154 valence electrons. The number of anilines is 1. The number of benzene rings is 1. The lowest BCUT2D eigenvalue weighted by atomic mass is 9.93. The van der Waals surface area contributed by atoms with E-state index in [2.05, 4.69) is 11.4 Å². The molecule has 0 aliphatic rings. The molecule has 2 amide bonds. The zero-order valence-electron chi connectivity index (χ0n) is 16.7. The smallest absolute Gasteiger partial charge is 0.253 e. The minimum absolute atomic E-state index is 0. The number of hydrogen-bond acceptors (Lipinski definition) is 4. The molecule has 28 heavy (non-hydrogen) atoms. The highest BCUT2D eigenvalue weighted by Crippen LogP contribution is 2.18. The molecule has 1 aromatic carbocycles. The molecule has 0 saturated carbocycles. The van der Waals surface area contributed by atoms with Crippen LogP contribution in [0.1, 0.15) is 41.9 Å². The Balaban J connectivity index is 0.00000392. The van der Waals surface area contributed by atoms with Crippen molar-refractivity contribution in [3.8, 4) is 0 Å². The van der Waals surface area contributed by atoms with Crippen LogP contribution in [0.5, 0.6) is 0 Å². The van der Waals surface area contributed by atoms with E-state index in [9.17, 15) is 9.59 Å². The van der Waals surface area contributed by atoms with Gasteiger partial charge in [0, 0.05) is 36.1 Å². The van der Waals surface area contributed by atoms with Crippen molar-refractivity contribution in [3.63, 3.8) is 0 Å². The third kappa shape index (κ3) is 7.62. The molecule has 1 aromatic heterocycles. The third-order valence-electron chi connectivity index (χ3n) is 4.36. The second-order valence-corrected chi connectivity index (χ2v) is 8.62. The average molecular weight is 424 g/mol. The first-order valence-corrected chi connectivity index (χ1v) is 10.1. The first-order valence-electron chi connectivity index (χ1n) is 9.18. The number of aryl methyl sites for hydroxylation is 1. The fourth-order valence-electron chi connectivity index (χ4n) is 2.83. The first kappa shape index (κ1) is 24.1. The molecule has 2 aromatic rings. The Hall–Kier alpha value is -1.89. The highest BCUT2D eigenvalue weighted by Gasteiger charge is 2.22. The van der Waals surface area contributed by atoms with E-state index in [-0.39, 0.29) is 29.6 Å². The van der Waals surface area contributed by atoms with Gasteiger partial charge in [0.2, 0.25) is 5.91 Å². The van der Waals surface area contributed by atoms with E-state index < -0.39 is 0 Å². The number of amides is 2. The summed E-state index contributed by atoms with van der Waals surface area (Å²) in [6.07, 6.45) is 2.17.